The fourth-order valence-corrected chi connectivity index (χ4v) is 1.61. The number of aromatic nitrogens is 1. The first-order valence-electron chi connectivity index (χ1n) is 6.11. The molecule has 0 unspecified atom stereocenters. The predicted octanol–water partition coefficient (Wildman–Crippen LogP) is 1.02. The van der Waals surface area contributed by atoms with E-state index in [9.17, 15) is 9.59 Å². The van der Waals surface area contributed by atoms with Crippen molar-refractivity contribution in [2.45, 2.75) is 32.7 Å². The number of nitrogens with zero attached hydrogens (tertiary/aromatic N) is 1. The summed E-state index contributed by atoms with van der Waals surface area (Å²) in [4.78, 5) is 26.2. The van der Waals surface area contributed by atoms with Crippen LogP contribution in [0.25, 0.3) is 0 Å². The Morgan fingerprint density at radius 3 is 2.58 bits per heavy atom. The number of pyridine rings is 1. The number of nitrogens with one attached hydrogen (secondary N) is 1. The number of carbonyl (C=O) groups is 2. The van der Waals surface area contributed by atoms with E-state index in [1.54, 1.807) is 12.1 Å². The summed E-state index contributed by atoms with van der Waals surface area (Å²) in [6, 6.07) is 2.63. The average molecular weight is 265 g/mol. The molecule has 1 atom stereocenters. The Morgan fingerprint density at radius 2 is 2.11 bits per heavy atom. The maximum atomic E-state index is 11.8. The molecule has 104 valence electrons. The molecule has 0 bridgehead atoms. The van der Waals surface area contributed by atoms with Crippen LogP contribution in [0.3, 0.4) is 0 Å². The van der Waals surface area contributed by atoms with Gasteiger partial charge in [-0.15, -0.1) is 0 Å². The normalized spacial score (nSPS) is 12.2. The van der Waals surface area contributed by atoms with Gasteiger partial charge in [-0.3, -0.25) is 14.6 Å². The molecule has 1 aromatic rings. The third kappa shape index (κ3) is 5.48. The highest BCUT2D eigenvalue weighted by molar-refractivity contribution is 5.94. The van der Waals surface area contributed by atoms with Crippen molar-refractivity contribution in [2.75, 3.05) is 5.32 Å². The summed E-state index contributed by atoms with van der Waals surface area (Å²) in [5, 5.41) is 11.3. The van der Waals surface area contributed by atoms with Gasteiger partial charge in [0.05, 0.1) is 30.0 Å². The molecule has 1 amide bonds. The van der Waals surface area contributed by atoms with E-state index in [4.69, 9.17) is 10.8 Å². The van der Waals surface area contributed by atoms with Gasteiger partial charge in [0.1, 0.15) is 0 Å². The molecule has 4 N–H and O–H groups in total. The molecule has 0 fully saturated rings. The van der Waals surface area contributed by atoms with Crippen LogP contribution >= 0.6 is 0 Å². The predicted molar refractivity (Wildman–Crippen MR) is 71.6 cm³/mol. The number of rotatable bonds is 6. The molecule has 0 saturated carbocycles. The number of amides is 1. The lowest BCUT2D eigenvalue weighted by atomic mass is 10.0. The van der Waals surface area contributed by atoms with E-state index in [1.807, 2.05) is 13.8 Å². The van der Waals surface area contributed by atoms with Gasteiger partial charge in [0.2, 0.25) is 5.91 Å². The highest BCUT2D eigenvalue weighted by atomic mass is 16.4. The van der Waals surface area contributed by atoms with E-state index in [-0.39, 0.29) is 12.3 Å². The largest absolute Gasteiger partial charge is 0.481 e. The lowest BCUT2D eigenvalue weighted by Crippen LogP contribution is -2.36. The number of nitrogens with two attached hydrogens (primary N) is 1. The number of carboxylic acid groups (broad SMARTS) is 1. The van der Waals surface area contributed by atoms with Gasteiger partial charge in [0.25, 0.3) is 0 Å². The summed E-state index contributed by atoms with van der Waals surface area (Å²) in [6.07, 6.45) is 1.90. The monoisotopic (exact) mass is 265 g/mol. The number of hydrogen-bond acceptors (Lipinski definition) is 4. The van der Waals surface area contributed by atoms with Gasteiger partial charge in [-0.05, 0) is 24.5 Å². The Bertz CT molecular complexity index is 443. The van der Waals surface area contributed by atoms with Gasteiger partial charge in [-0.1, -0.05) is 13.8 Å². The zero-order valence-corrected chi connectivity index (χ0v) is 11.1. The molecule has 6 nitrogen and oxygen atoms in total. The van der Waals surface area contributed by atoms with Crippen LogP contribution in [-0.2, 0) is 16.0 Å². The minimum absolute atomic E-state index is 0.138. The Kier molecular flexibility index (Phi) is 5.44. The number of carbonyl (C=O) groups excluding carboxylic acids is 1. The van der Waals surface area contributed by atoms with Gasteiger partial charge in [-0.25, -0.2) is 0 Å². The summed E-state index contributed by atoms with van der Waals surface area (Å²) in [5.41, 5.74) is 6.71. The van der Waals surface area contributed by atoms with E-state index in [1.165, 1.54) is 6.20 Å². The van der Waals surface area contributed by atoms with Crippen molar-refractivity contribution in [3.63, 3.8) is 0 Å². The van der Waals surface area contributed by atoms with Crippen molar-refractivity contribution in [3.05, 3.63) is 24.0 Å². The van der Waals surface area contributed by atoms with Gasteiger partial charge < -0.3 is 16.2 Å². The van der Waals surface area contributed by atoms with Crippen LogP contribution in [-0.4, -0.2) is 28.0 Å². The number of anilines is 1. The Hall–Kier alpha value is -1.95. The summed E-state index contributed by atoms with van der Waals surface area (Å²) in [6.45, 7) is 3.99. The third-order valence-electron chi connectivity index (χ3n) is 2.49. The SMILES string of the molecule is CC(C)C[C@H](N)C(=O)Nc1ccc(CC(=O)O)nc1. The number of hydrogen-bond donors (Lipinski definition) is 3. The molecule has 1 aromatic heterocycles. The minimum atomic E-state index is -0.941. The summed E-state index contributed by atoms with van der Waals surface area (Å²) in [5.74, 6) is -0.860. The highest BCUT2D eigenvalue weighted by Crippen LogP contribution is 2.09. The van der Waals surface area contributed by atoms with Gasteiger partial charge >= 0.3 is 5.97 Å². The van der Waals surface area contributed by atoms with Crippen LogP contribution in [0.5, 0.6) is 0 Å². The van der Waals surface area contributed by atoms with Crippen molar-refractivity contribution in [2.24, 2.45) is 11.7 Å². The lowest BCUT2D eigenvalue weighted by Gasteiger charge is -2.14. The summed E-state index contributed by atoms with van der Waals surface area (Å²) in [7, 11) is 0. The molecule has 0 spiro atoms. The zero-order valence-electron chi connectivity index (χ0n) is 11.1. The van der Waals surface area contributed by atoms with Crippen LogP contribution in [0.15, 0.2) is 18.3 Å². The molecule has 1 heterocycles. The van der Waals surface area contributed by atoms with Gasteiger partial charge in [0.15, 0.2) is 0 Å². The second kappa shape index (κ2) is 6.84. The van der Waals surface area contributed by atoms with Crippen molar-refractivity contribution < 1.29 is 14.7 Å². The number of carboxylic acids is 1. The van der Waals surface area contributed by atoms with E-state index in [0.717, 1.165) is 0 Å². The second-order valence-electron chi connectivity index (χ2n) is 4.83. The topological polar surface area (TPSA) is 105 Å². The first-order valence-corrected chi connectivity index (χ1v) is 6.11. The van der Waals surface area contributed by atoms with Crippen LogP contribution < -0.4 is 11.1 Å². The third-order valence-corrected chi connectivity index (χ3v) is 2.49. The Balaban J connectivity index is 2.57. The number of aliphatic carboxylic acids is 1. The maximum Gasteiger partial charge on any atom is 0.309 e. The smallest absolute Gasteiger partial charge is 0.309 e. The Morgan fingerprint density at radius 1 is 1.42 bits per heavy atom. The molecule has 0 aliphatic heterocycles. The standard InChI is InChI=1S/C13H19N3O3/c1-8(2)5-11(14)13(19)16-10-4-3-9(15-7-10)6-12(17)18/h3-4,7-8,11H,5-6,14H2,1-2H3,(H,16,19)(H,17,18)/t11-/m0/s1. The molecular weight excluding hydrogens is 246 g/mol. The van der Waals surface area contributed by atoms with Crippen molar-refractivity contribution in [3.8, 4) is 0 Å². The van der Waals surface area contributed by atoms with Gasteiger partial charge in [-0.2, -0.15) is 0 Å². The van der Waals surface area contributed by atoms with Crippen LogP contribution in [0.2, 0.25) is 0 Å². The van der Waals surface area contributed by atoms with Crippen molar-refractivity contribution >= 4 is 17.6 Å². The van der Waals surface area contributed by atoms with E-state index < -0.39 is 12.0 Å². The van der Waals surface area contributed by atoms with Crippen LogP contribution in [0.4, 0.5) is 5.69 Å². The second-order valence-corrected chi connectivity index (χ2v) is 4.83. The van der Waals surface area contributed by atoms with Crippen LogP contribution in [0, 0.1) is 5.92 Å². The fraction of sp³-hybridized carbons (Fsp3) is 0.462. The molecular formula is C13H19N3O3. The first-order chi connectivity index (χ1) is 8.88. The van der Waals surface area contributed by atoms with Crippen LogP contribution in [0.1, 0.15) is 26.0 Å². The molecule has 19 heavy (non-hydrogen) atoms. The lowest BCUT2D eigenvalue weighted by molar-refractivity contribution is -0.136. The molecule has 0 saturated heterocycles. The van der Waals surface area contributed by atoms with E-state index in [0.29, 0.717) is 23.7 Å². The fourth-order valence-electron chi connectivity index (χ4n) is 1.61. The maximum absolute atomic E-state index is 11.8. The zero-order chi connectivity index (χ0) is 14.4. The highest BCUT2D eigenvalue weighted by Gasteiger charge is 2.15. The first kappa shape index (κ1) is 15.1. The molecule has 1 rings (SSSR count). The van der Waals surface area contributed by atoms with Crippen molar-refractivity contribution in [1.82, 2.24) is 4.98 Å². The molecule has 0 aromatic carbocycles. The molecule has 0 radical (unpaired) electrons. The molecule has 0 aliphatic rings. The van der Waals surface area contributed by atoms with Crippen molar-refractivity contribution in [1.29, 1.82) is 0 Å². The molecule has 6 heteroatoms. The molecule has 0 aliphatic carbocycles. The average Bonchev–Trinajstić information content (AvgIpc) is 2.30. The van der Waals surface area contributed by atoms with Gasteiger partial charge in [0, 0.05) is 0 Å². The summed E-state index contributed by atoms with van der Waals surface area (Å²) >= 11 is 0. The van der Waals surface area contributed by atoms with E-state index in [2.05, 4.69) is 10.3 Å². The quantitative estimate of drug-likeness (QED) is 0.712. The Labute approximate surface area is 112 Å². The minimum Gasteiger partial charge on any atom is -0.481 e. The van der Waals surface area contributed by atoms with E-state index >= 15 is 0 Å². The summed E-state index contributed by atoms with van der Waals surface area (Å²) < 4.78 is 0.